The number of halogens is 2. The molecule has 29 heavy (non-hydrogen) atoms. The summed E-state index contributed by atoms with van der Waals surface area (Å²) in [4.78, 5) is 14.8. The van der Waals surface area contributed by atoms with Gasteiger partial charge < -0.3 is 24.6 Å². The highest BCUT2D eigenvalue weighted by molar-refractivity contribution is 9.10. The van der Waals surface area contributed by atoms with E-state index in [0.29, 0.717) is 22.6 Å². The number of likely N-dealkylation sites (tertiary alicyclic amines) is 1. The van der Waals surface area contributed by atoms with Gasteiger partial charge in [-0.3, -0.25) is 4.79 Å². The highest BCUT2D eigenvalue weighted by Gasteiger charge is 2.36. The topological polar surface area (TPSA) is 94.1 Å². The third kappa shape index (κ3) is 3.42. The largest absolute Gasteiger partial charge is 0.507 e. The average Bonchev–Trinajstić information content (AvgIpc) is 3.01. The van der Waals surface area contributed by atoms with Crippen molar-refractivity contribution in [1.29, 1.82) is 0 Å². The van der Waals surface area contributed by atoms with Crippen LogP contribution in [0, 0.1) is 0 Å². The van der Waals surface area contributed by atoms with Crippen LogP contribution < -0.4 is 5.43 Å². The molecule has 0 saturated carbocycles. The second-order valence-corrected chi connectivity index (χ2v) is 8.58. The minimum Gasteiger partial charge on any atom is -0.507 e. The monoisotopic (exact) mass is 479 g/mol. The first-order valence-corrected chi connectivity index (χ1v) is 10.3. The SMILES string of the molecule is CN1CCC(c2c(O)cc(O)c3c(=O)cc(-c4ccc(Br)cc4Cl)oc23)C1CO. The molecule has 1 aliphatic rings. The van der Waals surface area contributed by atoms with Crippen LogP contribution in [0.5, 0.6) is 11.5 Å². The summed E-state index contributed by atoms with van der Waals surface area (Å²) in [5, 5.41) is 31.2. The van der Waals surface area contributed by atoms with E-state index < -0.39 is 5.43 Å². The Bertz CT molecular complexity index is 1160. The summed E-state index contributed by atoms with van der Waals surface area (Å²) in [5.41, 5.74) is 0.604. The number of aliphatic hydroxyl groups is 1. The van der Waals surface area contributed by atoms with Crippen molar-refractivity contribution >= 4 is 38.5 Å². The number of phenolic OH excluding ortho intramolecular Hbond substituents is 2. The van der Waals surface area contributed by atoms with E-state index in [4.69, 9.17) is 16.0 Å². The summed E-state index contributed by atoms with van der Waals surface area (Å²) in [6, 6.07) is 7.39. The summed E-state index contributed by atoms with van der Waals surface area (Å²) in [6.45, 7) is 0.617. The number of hydrogen-bond donors (Lipinski definition) is 3. The number of nitrogens with zero attached hydrogens (tertiary/aromatic N) is 1. The maximum absolute atomic E-state index is 12.9. The zero-order valence-electron chi connectivity index (χ0n) is 15.5. The summed E-state index contributed by atoms with van der Waals surface area (Å²) in [5.74, 6) is -0.545. The van der Waals surface area contributed by atoms with Crippen molar-refractivity contribution < 1.29 is 19.7 Å². The minimum absolute atomic E-state index is 0.000951. The second kappa shape index (κ2) is 7.65. The Kier molecular flexibility index (Phi) is 5.33. The Morgan fingerprint density at radius 2 is 2.00 bits per heavy atom. The normalized spacial score (nSPS) is 19.9. The Balaban J connectivity index is 2.01. The Morgan fingerprint density at radius 1 is 1.24 bits per heavy atom. The van der Waals surface area contributed by atoms with Crippen LogP contribution in [0.4, 0.5) is 0 Å². The van der Waals surface area contributed by atoms with Gasteiger partial charge in [0.2, 0.25) is 0 Å². The van der Waals surface area contributed by atoms with E-state index >= 15 is 0 Å². The van der Waals surface area contributed by atoms with Crippen LogP contribution in [0.15, 0.2) is 44.0 Å². The quantitative estimate of drug-likeness (QED) is 0.523. The van der Waals surface area contributed by atoms with Gasteiger partial charge in [-0.2, -0.15) is 0 Å². The standard InChI is InChI=1S/C21H19BrClNO5/c1-24-5-4-12(14(24)9-25)19-15(26)7-16(27)20-17(28)8-18(29-21(19)20)11-3-2-10(22)6-13(11)23/h2-3,6-8,12,14,25-27H,4-5,9H2,1H3. The van der Waals surface area contributed by atoms with Crippen LogP contribution in [-0.2, 0) is 0 Å². The molecular weight excluding hydrogens is 462 g/mol. The fraction of sp³-hybridized carbons (Fsp3) is 0.286. The minimum atomic E-state index is -0.439. The van der Waals surface area contributed by atoms with Crippen LogP contribution >= 0.6 is 27.5 Å². The summed E-state index contributed by atoms with van der Waals surface area (Å²) in [6.07, 6.45) is 0.669. The number of benzene rings is 2. The first-order chi connectivity index (χ1) is 13.8. The molecule has 0 bridgehead atoms. The number of fused-ring (bicyclic) bond motifs is 1. The Hall–Kier alpha value is -2.06. The predicted molar refractivity (Wildman–Crippen MR) is 115 cm³/mol. The van der Waals surface area contributed by atoms with Crippen molar-refractivity contribution in [3.63, 3.8) is 0 Å². The van der Waals surface area contributed by atoms with Gasteiger partial charge in [-0.25, -0.2) is 0 Å². The van der Waals surface area contributed by atoms with Gasteiger partial charge in [-0.15, -0.1) is 0 Å². The Morgan fingerprint density at radius 3 is 2.69 bits per heavy atom. The molecule has 2 heterocycles. The molecule has 3 aromatic rings. The van der Waals surface area contributed by atoms with Gasteiger partial charge in [0.15, 0.2) is 5.43 Å². The van der Waals surface area contributed by atoms with Gasteiger partial charge in [0.1, 0.15) is 28.2 Å². The average molecular weight is 481 g/mol. The van der Waals surface area contributed by atoms with Gasteiger partial charge in [-0.1, -0.05) is 27.5 Å². The van der Waals surface area contributed by atoms with Gasteiger partial charge >= 0.3 is 0 Å². The lowest BCUT2D eigenvalue weighted by Gasteiger charge is -2.24. The molecule has 152 valence electrons. The molecule has 2 atom stereocenters. The summed E-state index contributed by atoms with van der Waals surface area (Å²) < 4.78 is 6.85. The summed E-state index contributed by atoms with van der Waals surface area (Å²) >= 11 is 9.68. The van der Waals surface area contributed by atoms with E-state index in [0.717, 1.165) is 17.1 Å². The van der Waals surface area contributed by atoms with Gasteiger partial charge in [0.25, 0.3) is 0 Å². The van der Waals surface area contributed by atoms with Crippen molar-refractivity contribution in [2.45, 2.75) is 18.4 Å². The van der Waals surface area contributed by atoms with E-state index in [-0.39, 0.29) is 46.8 Å². The van der Waals surface area contributed by atoms with Crippen LogP contribution in [-0.4, -0.2) is 46.5 Å². The van der Waals surface area contributed by atoms with Crippen molar-refractivity contribution in [2.75, 3.05) is 20.2 Å². The molecule has 1 aliphatic heterocycles. The van der Waals surface area contributed by atoms with E-state index in [1.807, 2.05) is 11.9 Å². The first kappa shape index (κ1) is 20.2. The van der Waals surface area contributed by atoms with Crippen LogP contribution in [0.3, 0.4) is 0 Å². The smallest absolute Gasteiger partial charge is 0.197 e. The van der Waals surface area contributed by atoms with Crippen molar-refractivity contribution in [2.24, 2.45) is 0 Å². The van der Waals surface area contributed by atoms with Gasteiger partial charge in [-0.05, 0) is 38.2 Å². The highest BCUT2D eigenvalue weighted by Crippen LogP contribution is 2.44. The zero-order chi connectivity index (χ0) is 20.9. The molecule has 0 spiro atoms. The van der Waals surface area contributed by atoms with Gasteiger partial charge in [0.05, 0.1) is 11.6 Å². The molecule has 2 aromatic carbocycles. The number of phenols is 2. The molecule has 1 saturated heterocycles. The molecule has 0 aliphatic carbocycles. The maximum Gasteiger partial charge on any atom is 0.197 e. The maximum atomic E-state index is 12.9. The van der Waals surface area contributed by atoms with Crippen molar-refractivity contribution in [3.8, 4) is 22.8 Å². The molecule has 8 heteroatoms. The molecule has 0 radical (unpaired) electrons. The van der Waals surface area contributed by atoms with E-state index in [2.05, 4.69) is 15.9 Å². The molecule has 6 nitrogen and oxygen atoms in total. The lowest BCUT2D eigenvalue weighted by molar-refractivity contribution is 0.172. The lowest BCUT2D eigenvalue weighted by Crippen LogP contribution is -2.32. The molecule has 1 fully saturated rings. The second-order valence-electron chi connectivity index (χ2n) is 7.26. The fourth-order valence-corrected chi connectivity index (χ4v) is 4.88. The summed E-state index contributed by atoms with van der Waals surface area (Å²) in [7, 11) is 1.89. The molecule has 2 unspecified atom stereocenters. The number of hydrogen-bond acceptors (Lipinski definition) is 6. The molecular formula is C21H19BrClNO5. The predicted octanol–water partition coefficient (Wildman–Crippen LogP) is 4.07. The van der Waals surface area contributed by atoms with E-state index in [1.165, 1.54) is 6.07 Å². The Labute approximate surface area is 180 Å². The highest BCUT2D eigenvalue weighted by atomic mass is 79.9. The van der Waals surface area contributed by atoms with Crippen LogP contribution in [0.25, 0.3) is 22.3 Å². The number of aromatic hydroxyl groups is 2. The van der Waals surface area contributed by atoms with Gasteiger partial charge in [0, 0.05) is 39.7 Å². The molecule has 3 N–H and O–H groups in total. The number of likely N-dealkylation sites (N-methyl/N-ethyl adjacent to an activating group) is 1. The first-order valence-electron chi connectivity index (χ1n) is 9.11. The van der Waals surface area contributed by atoms with E-state index in [9.17, 15) is 20.1 Å². The van der Waals surface area contributed by atoms with E-state index in [1.54, 1.807) is 18.2 Å². The third-order valence-corrected chi connectivity index (χ3v) is 6.38. The fourth-order valence-electron chi connectivity index (χ4n) is 4.11. The lowest BCUT2D eigenvalue weighted by atomic mass is 9.89. The third-order valence-electron chi connectivity index (χ3n) is 5.58. The van der Waals surface area contributed by atoms with Crippen molar-refractivity contribution in [1.82, 2.24) is 4.90 Å². The molecule has 4 rings (SSSR count). The van der Waals surface area contributed by atoms with Crippen LogP contribution in [0.1, 0.15) is 17.9 Å². The van der Waals surface area contributed by atoms with Crippen LogP contribution in [0.2, 0.25) is 5.02 Å². The van der Waals surface area contributed by atoms with Crippen molar-refractivity contribution in [3.05, 3.63) is 55.6 Å². The number of aliphatic hydroxyl groups excluding tert-OH is 1. The zero-order valence-corrected chi connectivity index (χ0v) is 17.9. The molecule has 0 amide bonds. The number of rotatable bonds is 3. The molecule has 1 aromatic heterocycles.